The molecular weight excluding hydrogens is 437 g/mol. The summed E-state index contributed by atoms with van der Waals surface area (Å²) in [7, 11) is 0. The molecule has 0 bridgehead atoms. The molecule has 1 saturated heterocycles. The van der Waals surface area contributed by atoms with Crippen molar-refractivity contribution in [3.63, 3.8) is 0 Å². The van der Waals surface area contributed by atoms with E-state index in [-0.39, 0.29) is 11.7 Å². The molecule has 31 heavy (non-hydrogen) atoms. The van der Waals surface area contributed by atoms with E-state index in [0.717, 1.165) is 42.9 Å². The summed E-state index contributed by atoms with van der Waals surface area (Å²) in [6, 6.07) is 4.68. The van der Waals surface area contributed by atoms with Crippen LogP contribution in [0.4, 0.5) is 4.39 Å². The van der Waals surface area contributed by atoms with Crippen LogP contribution < -0.4 is 0 Å². The monoisotopic (exact) mass is 461 g/mol. The van der Waals surface area contributed by atoms with Crippen molar-refractivity contribution in [2.75, 3.05) is 18.8 Å². The molecule has 0 radical (unpaired) electrons. The van der Waals surface area contributed by atoms with E-state index in [0.29, 0.717) is 39.6 Å². The fourth-order valence-electron chi connectivity index (χ4n) is 3.86. The first-order valence-electron chi connectivity index (χ1n) is 10.4. The Hall–Kier alpha value is -2.19. The van der Waals surface area contributed by atoms with E-state index in [9.17, 15) is 9.18 Å². The Bertz CT molecular complexity index is 1110. The second kappa shape index (κ2) is 9.12. The molecule has 3 aromatic rings. The van der Waals surface area contributed by atoms with Gasteiger partial charge in [0.15, 0.2) is 0 Å². The van der Waals surface area contributed by atoms with Crippen LogP contribution >= 0.6 is 23.4 Å². The number of piperidine rings is 1. The SMILES string of the molecule is Cc1nc2nc(SCC(=O)N3CCC(C)CC3)nn2c(C)c1Cc1c(F)cccc1Cl. The highest BCUT2D eigenvalue weighted by molar-refractivity contribution is 7.99. The summed E-state index contributed by atoms with van der Waals surface area (Å²) < 4.78 is 15.9. The maximum absolute atomic E-state index is 14.3. The Labute approximate surface area is 190 Å². The highest BCUT2D eigenvalue weighted by Gasteiger charge is 2.21. The molecule has 164 valence electrons. The van der Waals surface area contributed by atoms with Gasteiger partial charge in [0.05, 0.1) is 5.75 Å². The molecule has 0 N–H and O–H groups in total. The number of rotatable bonds is 5. The Morgan fingerprint density at radius 3 is 2.68 bits per heavy atom. The van der Waals surface area contributed by atoms with Gasteiger partial charge in [-0.3, -0.25) is 4.79 Å². The van der Waals surface area contributed by atoms with Crippen molar-refractivity contribution in [1.82, 2.24) is 24.5 Å². The van der Waals surface area contributed by atoms with E-state index >= 15 is 0 Å². The van der Waals surface area contributed by atoms with Crippen molar-refractivity contribution in [2.45, 2.75) is 45.2 Å². The fraction of sp³-hybridized carbons (Fsp3) is 0.455. The number of aryl methyl sites for hydroxylation is 2. The molecule has 1 aromatic carbocycles. The smallest absolute Gasteiger partial charge is 0.253 e. The summed E-state index contributed by atoms with van der Waals surface area (Å²) >= 11 is 7.54. The number of thioether (sulfide) groups is 1. The predicted molar refractivity (Wildman–Crippen MR) is 120 cm³/mol. The number of benzene rings is 1. The lowest BCUT2D eigenvalue weighted by Crippen LogP contribution is -2.38. The van der Waals surface area contributed by atoms with Gasteiger partial charge in [-0.05, 0) is 50.3 Å². The summed E-state index contributed by atoms with van der Waals surface area (Å²) in [6.07, 6.45) is 2.43. The number of hydrogen-bond donors (Lipinski definition) is 0. The lowest BCUT2D eigenvalue weighted by Gasteiger charge is -2.30. The van der Waals surface area contributed by atoms with Crippen molar-refractivity contribution >= 4 is 35.0 Å². The molecule has 1 aliphatic rings. The molecule has 0 spiro atoms. The zero-order valence-electron chi connectivity index (χ0n) is 17.9. The van der Waals surface area contributed by atoms with E-state index in [2.05, 4.69) is 22.0 Å². The zero-order valence-corrected chi connectivity index (χ0v) is 19.4. The van der Waals surface area contributed by atoms with Crippen molar-refractivity contribution < 1.29 is 9.18 Å². The van der Waals surface area contributed by atoms with Gasteiger partial charge in [-0.1, -0.05) is 36.4 Å². The third-order valence-corrected chi connectivity index (χ3v) is 7.08. The van der Waals surface area contributed by atoms with E-state index in [1.165, 1.54) is 17.8 Å². The summed E-state index contributed by atoms with van der Waals surface area (Å²) in [5.41, 5.74) is 2.89. The van der Waals surface area contributed by atoms with Crippen molar-refractivity contribution in [3.8, 4) is 0 Å². The molecule has 4 rings (SSSR count). The van der Waals surface area contributed by atoms with Gasteiger partial charge in [-0.15, -0.1) is 5.10 Å². The quantitative estimate of drug-likeness (QED) is 0.524. The Morgan fingerprint density at radius 2 is 1.97 bits per heavy atom. The minimum absolute atomic E-state index is 0.117. The summed E-state index contributed by atoms with van der Waals surface area (Å²) in [4.78, 5) is 23.5. The molecule has 1 amide bonds. The van der Waals surface area contributed by atoms with Crippen LogP contribution in [0.5, 0.6) is 0 Å². The summed E-state index contributed by atoms with van der Waals surface area (Å²) in [5.74, 6) is 1.24. The number of fused-ring (bicyclic) bond motifs is 1. The first kappa shape index (κ1) is 22.0. The Morgan fingerprint density at radius 1 is 1.23 bits per heavy atom. The molecule has 9 heteroatoms. The van der Waals surface area contributed by atoms with Crippen molar-refractivity contribution in [1.29, 1.82) is 0 Å². The number of aromatic nitrogens is 4. The van der Waals surface area contributed by atoms with Crippen LogP contribution in [-0.2, 0) is 11.2 Å². The van der Waals surface area contributed by atoms with Gasteiger partial charge in [0.25, 0.3) is 5.78 Å². The van der Waals surface area contributed by atoms with Gasteiger partial charge >= 0.3 is 0 Å². The third-order valence-electron chi connectivity index (χ3n) is 5.91. The van der Waals surface area contributed by atoms with Gasteiger partial charge in [0.2, 0.25) is 11.1 Å². The van der Waals surface area contributed by atoms with Crippen LogP contribution in [0.25, 0.3) is 5.78 Å². The summed E-state index contributed by atoms with van der Waals surface area (Å²) in [6.45, 7) is 7.65. The number of nitrogens with zero attached hydrogens (tertiary/aromatic N) is 5. The molecule has 0 atom stereocenters. The predicted octanol–water partition coefficient (Wildman–Crippen LogP) is 4.48. The Balaban J connectivity index is 1.53. The normalized spacial score (nSPS) is 15.1. The molecule has 0 unspecified atom stereocenters. The molecule has 0 aliphatic carbocycles. The van der Waals surface area contributed by atoms with Gasteiger partial charge < -0.3 is 4.90 Å². The molecule has 6 nitrogen and oxygen atoms in total. The van der Waals surface area contributed by atoms with Crippen LogP contribution in [-0.4, -0.2) is 49.2 Å². The van der Waals surface area contributed by atoms with E-state index in [4.69, 9.17) is 11.6 Å². The van der Waals surface area contributed by atoms with Gasteiger partial charge in [-0.2, -0.15) is 4.98 Å². The number of carbonyl (C=O) groups excluding carboxylic acids is 1. The highest BCUT2D eigenvalue weighted by Crippen LogP contribution is 2.26. The topological polar surface area (TPSA) is 63.4 Å². The van der Waals surface area contributed by atoms with Gasteiger partial charge in [0.1, 0.15) is 5.82 Å². The first-order chi connectivity index (χ1) is 14.8. The van der Waals surface area contributed by atoms with Gasteiger partial charge in [-0.25, -0.2) is 13.9 Å². The number of carbonyl (C=O) groups is 1. The average Bonchev–Trinajstić information content (AvgIpc) is 3.14. The third kappa shape index (κ3) is 4.70. The molecule has 2 aromatic heterocycles. The van der Waals surface area contributed by atoms with Crippen LogP contribution in [0.1, 0.15) is 42.3 Å². The number of likely N-dealkylation sites (tertiary alicyclic amines) is 1. The minimum Gasteiger partial charge on any atom is -0.342 e. The second-order valence-electron chi connectivity index (χ2n) is 8.10. The largest absolute Gasteiger partial charge is 0.342 e. The second-order valence-corrected chi connectivity index (χ2v) is 9.45. The molecule has 1 aliphatic heterocycles. The lowest BCUT2D eigenvalue weighted by atomic mass is 9.99. The number of halogens is 2. The standard InChI is InChI=1S/C22H25ClFN5OS/c1-13-7-9-28(10-8-13)20(30)12-31-22-26-21-25-14(2)16(15(3)29(21)27-22)11-17-18(23)5-4-6-19(17)24/h4-6,13H,7-12H2,1-3H3. The summed E-state index contributed by atoms with van der Waals surface area (Å²) in [5, 5.41) is 5.44. The lowest BCUT2D eigenvalue weighted by molar-refractivity contribution is -0.129. The average molecular weight is 462 g/mol. The van der Waals surface area contributed by atoms with Crippen molar-refractivity contribution in [2.24, 2.45) is 5.92 Å². The van der Waals surface area contributed by atoms with E-state index in [1.807, 2.05) is 18.7 Å². The maximum atomic E-state index is 14.3. The zero-order chi connectivity index (χ0) is 22.1. The van der Waals surface area contributed by atoms with E-state index in [1.54, 1.807) is 16.6 Å². The maximum Gasteiger partial charge on any atom is 0.253 e. The number of amides is 1. The van der Waals surface area contributed by atoms with Gasteiger partial charge in [0, 0.05) is 41.5 Å². The van der Waals surface area contributed by atoms with E-state index < -0.39 is 0 Å². The van der Waals surface area contributed by atoms with Crippen LogP contribution in [0.3, 0.4) is 0 Å². The van der Waals surface area contributed by atoms with Crippen LogP contribution in [0.15, 0.2) is 23.4 Å². The highest BCUT2D eigenvalue weighted by atomic mass is 35.5. The van der Waals surface area contributed by atoms with Crippen LogP contribution in [0, 0.1) is 25.6 Å². The Kier molecular flexibility index (Phi) is 6.48. The van der Waals surface area contributed by atoms with Crippen molar-refractivity contribution in [3.05, 3.63) is 51.6 Å². The van der Waals surface area contributed by atoms with Crippen LogP contribution in [0.2, 0.25) is 5.02 Å². The minimum atomic E-state index is -0.341. The number of hydrogen-bond acceptors (Lipinski definition) is 5. The fourth-order valence-corrected chi connectivity index (χ4v) is 4.81. The molecule has 0 saturated carbocycles. The molecule has 1 fully saturated rings. The first-order valence-corrected chi connectivity index (χ1v) is 11.8. The molecular formula is C22H25ClFN5OS. The molecule has 3 heterocycles.